The molecule has 3 N–H and O–H groups in total. The van der Waals surface area contributed by atoms with E-state index in [0.29, 0.717) is 11.9 Å². The summed E-state index contributed by atoms with van der Waals surface area (Å²) in [6, 6.07) is 0.0198. The molecule has 6 heteroatoms. The van der Waals surface area contributed by atoms with Crippen LogP contribution in [-0.4, -0.2) is 26.5 Å². The number of amides is 1. The van der Waals surface area contributed by atoms with Crippen LogP contribution in [0.5, 0.6) is 0 Å². The highest BCUT2D eigenvalue weighted by atomic mass is 32.1. The Morgan fingerprint density at radius 1 is 1.75 bits per heavy atom. The average molecular weight is 238 g/mol. The number of nitrogens with zero attached hydrogens (tertiary/aromatic N) is 2. The first-order chi connectivity index (χ1) is 7.59. The normalized spacial score (nSPS) is 16.8. The monoisotopic (exact) mass is 238 g/mol. The molecule has 0 aliphatic heterocycles. The predicted molar refractivity (Wildman–Crippen MR) is 64.0 cm³/mol. The summed E-state index contributed by atoms with van der Waals surface area (Å²) in [5.41, 5.74) is 5.53. The molecule has 1 saturated carbocycles. The maximum absolute atomic E-state index is 11.8. The molecule has 0 spiro atoms. The fraction of sp³-hybridized carbons (Fsp3) is 0.500. The van der Waals surface area contributed by atoms with E-state index in [1.54, 1.807) is 23.9 Å². The van der Waals surface area contributed by atoms with Gasteiger partial charge < -0.3 is 15.6 Å². The topological polar surface area (TPSA) is 72.9 Å². The summed E-state index contributed by atoms with van der Waals surface area (Å²) in [7, 11) is 0. The molecule has 2 rings (SSSR count). The van der Waals surface area contributed by atoms with Crippen molar-refractivity contribution in [3.63, 3.8) is 0 Å². The third kappa shape index (κ3) is 2.21. The quantitative estimate of drug-likeness (QED) is 0.743. The van der Waals surface area contributed by atoms with Gasteiger partial charge in [-0.1, -0.05) is 12.2 Å². The fourth-order valence-corrected chi connectivity index (χ4v) is 1.65. The summed E-state index contributed by atoms with van der Waals surface area (Å²) in [5, 5.41) is 2.94. The number of nitrogens with one attached hydrogen (secondary N) is 1. The van der Waals surface area contributed by atoms with Crippen LogP contribution in [0.3, 0.4) is 0 Å². The number of hydrogen-bond donors (Lipinski definition) is 2. The van der Waals surface area contributed by atoms with Crippen molar-refractivity contribution in [2.45, 2.75) is 31.8 Å². The van der Waals surface area contributed by atoms with Gasteiger partial charge in [-0.15, -0.1) is 0 Å². The minimum Gasteiger partial charge on any atom is -0.387 e. The largest absolute Gasteiger partial charge is 0.387 e. The fourth-order valence-electron chi connectivity index (χ4n) is 1.49. The van der Waals surface area contributed by atoms with Crippen molar-refractivity contribution in [2.24, 2.45) is 5.73 Å². The first-order valence-corrected chi connectivity index (χ1v) is 5.63. The second kappa shape index (κ2) is 4.21. The molecule has 0 bridgehead atoms. The molecule has 0 radical (unpaired) electrons. The Balaban J connectivity index is 2.12. The van der Waals surface area contributed by atoms with E-state index in [1.807, 2.05) is 0 Å². The zero-order chi connectivity index (χ0) is 11.7. The molecule has 1 aliphatic rings. The van der Waals surface area contributed by atoms with Gasteiger partial charge in [0, 0.05) is 18.4 Å². The Kier molecular flexibility index (Phi) is 2.91. The average Bonchev–Trinajstić information content (AvgIpc) is 2.91. The molecule has 0 saturated heterocycles. The SMILES string of the molecule is CC(C(=O)NC1CC1)n1ccnc1C(N)=S. The van der Waals surface area contributed by atoms with Crippen LogP contribution in [0.15, 0.2) is 12.4 Å². The van der Waals surface area contributed by atoms with Gasteiger partial charge in [0.1, 0.15) is 11.0 Å². The maximum atomic E-state index is 11.8. The van der Waals surface area contributed by atoms with E-state index in [0.717, 1.165) is 12.8 Å². The molecule has 1 amide bonds. The minimum atomic E-state index is -0.334. The molecule has 1 heterocycles. The number of aromatic nitrogens is 2. The van der Waals surface area contributed by atoms with Gasteiger partial charge in [0.25, 0.3) is 0 Å². The van der Waals surface area contributed by atoms with Crippen LogP contribution in [0.2, 0.25) is 0 Å². The van der Waals surface area contributed by atoms with Crippen LogP contribution < -0.4 is 11.1 Å². The Morgan fingerprint density at radius 3 is 3.00 bits per heavy atom. The van der Waals surface area contributed by atoms with Gasteiger partial charge in [-0.05, 0) is 19.8 Å². The van der Waals surface area contributed by atoms with Crippen molar-refractivity contribution < 1.29 is 4.79 Å². The van der Waals surface area contributed by atoms with Crippen LogP contribution in [0.25, 0.3) is 0 Å². The molecule has 1 aliphatic carbocycles. The van der Waals surface area contributed by atoms with Crippen LogP contribution in [0.4, 0.5) is 0 Å². The molecule has 1 atom stereocenters. The Bertz CT molecular complexity index is 424. The molecule has 0 aromatic carbocycles. The number of thiocarbonyl (C=S) groups is 1. The standard InChI is InChI=1S/C10H14N4OS/c1-6(10(15)13-7-2-3-7)14-5-4-12-9(14)8(11)16/h4-7H,2-3H2,1H3,(H2,11,16)(H,13,15). The predicted octanol–water partition coefficient (Wildman–Crippen LogP) is 0.357. The van der Waals surface area contributed by atoms with Crippen LogP contribution in [0.1, 0.15) is 31.6 Å². The second-order valence-electron chi connectivity index (χ2n) is 3.98. The van der Waals surface area contributed by atoms with Crippen molar-refractivity contribution in [3.8, 4) is 0 Å². The number of hydrogen-bond acceptors (Lipinski definition) is 3. The highest BCUT2D eigenvalue weighted by Crippen LogP contribution is 2.20. The van der Waals surface area contributed by atoms with Gasteiger partial charge in [-0.3, -0.25) is 4.79 Å². The summed E-state index contributed by atoms with van der Waals surface area (Å²) in [6.07, 6.45) is 5.45. The summed E-state index contributed by atoms with van der Waals surface area (Å²) in [6.45, 7) is 1.81. The number of carbonyl (C=O) groups excluding carboxylic acids is 1. The summed E-state index contributed by atoms with van der Waals surface area (Å²) >= 11 is 4.87. The Hall–Kier alpha value is -1.43. The molecule has 86 valence electrons. The Morgan fingerprint density at radius 2 is 2.44 bits per heavy atom. The molecule has 16 heavy (non-hydrogen) atoms. The lowest BCUT2D eigenvalue weighted by Crippen LogP contribution is -2.34. The van der Waals surface area contributed by atoms with Gasteiger partial charge in [0.05, 0.1) is 0 Å². The first kappa shape index (κ1) is 11.1. The van der Waals surface area contributed by atoms with E-state index < -0.39 is 0 Å². The van der Waals surface area contributed by atoms with Gasteiger partial charge in [0.2, 0.25) is 5.91 Å². The van der Waals surface area contributed by atoms with E-state index in [4.69, 9.17) is 18.0 Å². The van der Waals surface area contributed by atoms with Gasteiger partial charge in [-0.2, -0.15) is 0 Å². The zero-order valence-electron chi connectivity index (χ0n) is 9.01. The lowest BCUT2D eigenvalue weighted by Gasteiger charge is -2.15. The molecule has 5 nitrogen and oxygen atoms in total. The lowest BCUT2D eigenvalue weighted by atomic mass is 10.3. The van der Waals surface area contributed by atoms with Gasteiger partial charge >= 0.3 is 0 Å². The van der Waals surface area contributed by atoms with E-state index in [1.165, 1.54) is 0 Å². The van der Waals surface area contributed by atoms with Gasteiger partial charge in [0.15, 0.2) is 5.82 Å². The van der Waals surface area contributed by atoms with Crippen molar-refractivity contribution >= 4 is 23.1 Å². The van der Waals surface area contributed by atoms with Crippen molar-refractivity contribution in [1.82, 2.24) is 14.9 Å². The van der Waals surface area contributed by atoms with Crippen LogP contribution >= 0.6 is 12.2 Å². The summed E-state index contributed by atoms with van der Waals surface area (Å²) in [5.74, 6) is 0.464. The van der Waals surface area contributed by atoms with Crippen molar-refractivity contribution in [2.75, 3.05) is 0 Å². The highest BCUT2D eigenvalue weighted by molar-refractivity contribution is 7.80. The van der Waals surface area contributed by atoms with Crippen LogP contribution in [-0.2, 0) is 4.79 Å². The van der Waals surface area contributed by atoms with E-state index in [9.17, 15) is 4.79 Å². The van der Waals surface area contributed by atoms with Gasteiger partial charge in [-0.25, -0.2) is 4.98 Å². The van der Waals surface area contributed by atoms with Crippen molar-refractivity contribution in [3.05, 3.63) is 18.2 Å². The number of nitrogens with two attached hydrogens (primary N) is 1. The first-order valence-electron chi connectivity index (χ1n) is 5.22. The molecule has 1 aromatic heterocycles. The second-order valence-corrected chi connectivity index (χ2v) is 4.42. The lowest BCUT2D eigenvalue weighted by molar-refractivity contribution is -0.124. The molecular weight excluding hydrogens is 224 g/mol. The minimum absolute atomic E-state index is 0.0157. The molecule has 1 aromatic rings. The third-order valence-electron chi connectivity index (χ3n) is 2.61. The van der Waals surface area contributed by atoms with E-state index in [2.05, 4.69) is 10.3 Å². The summed E-state index contributed by atoms with van der Waals surface area (Å²) in [4.78, 5) is 16.1. The number of imidazole rings is 1. The van der Waals surface area contributed by atoms with E-state index >= 15 is 0 Å². The van der Waals surface area contributed by atoms with Crippen molar-refractivity contribution in [1.29, 1.82) is 0 Å². The third-order valence-corrected chi connectivity index (χ3v) is 2.79. The molecule has 1 fully saturated rings. The maximum Gasteiger partial charge on any atom is 0.243 e. The Labute approximate surface area is 99.0 Å². The summed E-state index contributed by atoms with van der Waals surface area (Å²) < 4.78 is 1.69. The number of rotatable bonds is 4. The van der Waals surface area contributed by atoms with E-state index in [-0.39, 0.29) is 16.9 Å². The highest BCUT2D eigenvalue weighted by Gasteiger charge is 2.27. The van der Waals surface area contributed by atoms with Crippen LogP contribution in [0, 0.1) is 0 Å². The number of carbonyl (C=O) groups is 1. The molecular formula is C10H14N4OS. The molecule has 1 unspecified atom stereocenters. The zero-order valence-corrected chi connectivity index (χ0v) is 9.83. The smallest absolute Gasteiger partial charge is 0.243 e.